The molecule has 0 amide bonds. The van der Waals surface area contributed by atoms with E-state index in [1.165, 1.54) is 17.8 Å². The summed E-state index contributed by atoms with van der Waals surface area (Å²) in [6, 6.07) is 12.4. The summed E-state index contributed by atoms with van der Waals surface area (Å²) in [7, 11) is -4.31. The van der Waals surface area contributed by atoms with Crippen LogP contribution in [0.25, 0.3) is 0 Å². The fraction of sp³-hybridized carbons (Fsp3) is 0.188. The lowest BCUT2D eigenvalue weighted by Gasteiger charge is -2.16. The third-order valence-electron chi connectivity index (χ3n) is 3.44. The minimum absolute atomic E-state index is 0.149. The highest BCUT2D eigenvalue weighted by molar-refractivity contribution is 8.16. The van der Waals surface area contributed by atoms with Crippen LogP contribution in [-0.4, -0.2) is 29.3 Å². The van der Waals surface area contributed by atoms with Crippen LogP contribution in [0.1, 0.15) is 5.56 Å². The number of hydrogen-bond acceptors (Lipinski definition) is 7. The van der Waals surface area contributed by atoms with Crippen LogP contribution in [0.15, 0.2) is 57.4 Å². The Labute approximate surface area is 165 Å². The summed E-state index contributed by atoms with van der Waals surface area (Å²) in [5.74, 6) is 0.677. The van der Waals surface area contributed by atoms with Gasteiger partial charge in [0, 0.05) is 15.7 Å². The molecule has 1 atom stereocenters. The Morgan fingerprint density at radius 1 is 1.31 bits per heavy atom. The van der Waals surface area contributed by atoms with Crippen LogP contribution in [-0.2, 0) is 10.1 Å². The standard InChI is InChI=1S/C16H16ClN3O3S3/c1-10-2-7-13(14(8-10)26(21,22)23)18-16-20-19-15(25-16)9-24-12-5-3-11(17)4-6-12/h2-8,16,18,20H,9H2,1H3,(H,21,22,23). The molecular weight excluding hydrogens is 414 g/mol. The summed E-state index contributed by atoms with van der Waals surface area (Å²) in [4.78, 5) is 0.935. The van der Waals surface area contributed by atoms with E-state index in [1.54, 1.807) is 30.8 Å². The van der Waals surface area contributed by atoms with Gasteiger partial charge in [0.2, 0.25) is 0 Å². The zero-order valence-corrected chi connectivity index (χ0v) is 16.8. The van der Waals surface area contributed by atoms with E-state index in [2.05, 4.69) is 15.8 Å². The average Bonchev–Trinajstić information content (AvgIpc) is 3.02. The Bertz CT molecular complexity index is 934. The van der Waals surface area contributed by atoms with Gasteiger partial charge in [-0.25, -0.2) is 0 Å². The summed E-state index contributed by atoms with van der Waals surface area (Å²) in [6.45, 7) is 1.76. The molecule has 0 spiro atoms. The molecule has 1 aliphatic rings. The van der Waals surface area contributed by atoms with Gasteiger partial charge in [-0.1, -0.05) is 29.4 Å². The quantitative estimate of drug-likeness (QED) is 0.471. The van der Waals surface area contributed by atoms with Crippen LogP contribution in [0.4, 0.5) is 5.69 Å². The van der Waals surface area contributed by atoms with Crippen molar-refractivity contribution in [2.24, 2.45) is 5.10 Å². The van der Waals surface area contributed by atoms with Crippen LogP contribution < -0.4 is 10.7 Å². The number of hydrazone groups is 1. The third-order valence-corrected chi connectivity index (χ3v) is 6.76. The fourth-order valence-electron chi connectivity index (χ4n) is 2.23. The minimum Gasteiger partial charge on any atom is -0.354 e. The number of rotatable bonds is 6. The van der Waals surface area contributed by atoms with Crippen molar-refractivity contribution in [2.45, 2.75) is 22.2 Å². The minimum atomic E-state index is -4.31. The molecular formula is C16H16ClN3O3S3. The molecule has 3 N–H and O–H groups in total. The fourth-order valence-corrected chi connectivity index (χ4v) is 4.89. The van der Waals surface area contributed by atoms with Gasteiger partial charge in [0.1, 0.15) is 9.94 Å². The molecule has 10 heteroatoms. The van der Waals surface area contributed by atoms with Gasteiger partial charge >= 0.3 is 0 Å². The van der Waals surface area contributed by atoms with E-state index < -0.39 is 10.1 Å². The number of hydrogen-bond donors (Lipinski definition) is 3. The van der Waals surface area contributed by atoms with Crippen molar-refractivity contribution in [3.63, 3.8) is 0 Å². The number of aryl methyl sites for hydroxylation is 1. The highest BCUT2D eigenvalue weighted by Crippen LogP contribution is 2.29. The zero-order chi connectivity index (χ0) is 18.7. The lowest BCUT2D eigenvalue weighted by atomic mass is 10.2. The van der Waals surface area contributed by atoms with Gasteiger partial charge in [-0.15, -0.1) is 11.8 Å². The van der Waals surface area contributed by atoms with Crippen LogP contribution in [0.2, 0.25) is 5.02 Å². The number of halogens is 1. The van der Waals surface area contributed by atoms with Crippen molar-refractivity contribution in [1.29, 1.82) is 0 Å². The zero-order valence-electron chi connectivity index (χ0n) is 13.6. The molecule has 26 heavy (non-hydrogen) atoms. The van der Waals surface area contributed by atoms with Crippen LogP contribution >= 0.6 is 35.1 Å². The molecule has 3 rings (SSSR count). The van der Waals surface area contributed by atoms with Crippen molar-refractivity contribution < 1.29 is 13.0 Å². The second kappa shape index (κ2) is 8.10. The molecule has 0 saturated heterocycles. The van der Waals surface area contributed by atoms with Gasteiger partial charge in [-0.2, -0.15) is 13.5 Å². The molecule has 0 aromatic heterocycles. The molecule has 6 nitrogen and oxygen atoms in total. The number of nitrogens with zero attached hydrogens (tertiary/aromatic N) is 1. The van der Waals surface area contributed by atoms with Crippen LogP contribution in [0.5, 0.6) is 0 Å². The summed E-state index contributed by atoms with van der Waals surface area (Å²) in [5, 5.41) is 8.89. The SMILES string of the molecule is Cc1ccc(NC2NN=C(CSc3ccc(Cl)cc3)S2)c(S(=O)(=O)O)c1. The first kappa shape index (κ1) is 19.4. The Hall–Kier alpha value is -1.39. The maximum atomic E-state index is 11.6. The number of benzene rings is 2. The van der Waals surface area contributed by atoms with Gasteiger partial charge in [0.25, 0.3) is 10.1 Å². The topological polar surface area (TPSA) is 90.8 Å². The smallest absolute Gasteiger partial charge is 0.296 e. The second-order valence-corrected chi connectivity index (χ2v) is 9.55. The number of nitrogens with one attached hydrogen (secondary N) is 2. The monoisotopic (exact) mass is 429 g/mol. The molecule has 2 aromatic carbocycles. The van der Waals surface area contributed by atoms with Gasteiger partial charge in [0.05, 0.1) is 5.69 Å². The van der Waals surface area contributed by atoms with Gasteiger partial charge in [-0.05, 0) is 48.9 Å². The Kier molecular flexibility index (Phi) is 6.03. The molecule has 1 heterocycles. The van der Waals surface area contributed by atoms with E-state index in [0.29, 0.717) is 16.5 Å². The first-order valence-corrected chi connectivity index (χ1v) is 11.2. The van der Waals surface area contributed by atoms with Crippen molar-refractivity contribution >= 4 is 56.0 Å². The van der Waals surface area contributed by atoms with Crippen LogP contribution in [0.3, 0.4) is 0 Å². The largest absolute Gasteiger partial charge is 0.354 e. The Morgan fingerprint density at radius 2 is 2.04 bits per heavy atom. The number of anilines is 1. The van der Waals surface area contributed by atoms with E-state index in [1.807, 2.05) is 24.3 Å². The average molecular weight is 430 g/mol. The van der Waals surface area contributed by atoms with E-state index in [9.17, 15) is 13.0 Å². The summed E-state index contributed by atoms with van der Waals surface area (Å²) >= 11 is 8.96. The highest BCUT2D eigenvalue weighted by atomic mass is 35.5. The van der Waals surface area contributed by atoms with Crippen molar-refractivity contribution in [1.82, 2.24) is 5.43 Å². The van der Waals surface area contributed by atoms with Crippen LogP contribution in [0, 0.1) is 6.92 Å². The Balaban J connectivity index is 1.60. The maximum Gasteiger partial charge on any atom is 0.296 e. The predicted molar refractivity (Wildman–Crippen MR) is 109 cm³/mol. The first-order chi connectivity index (χ1) is 12.3. The van der Waals surface area contributed by atoms with Crippen molar-refractivity contribution in [2.75, 3.05) is 11.1 Å². The van der Waals surface area contributed by atoms with Crippen molar-refractivity contribution in [3.8, 4) is 0 Å². The summed E-state index contributed by atoms with van der Waals surface area (Å²) in [6.07, 6.45) is 0. The van der Waals surface area contributed by atoms with Gasteiger partial charge in [0.15, 0.2) is 5.50 Å². The molecule has 0 radical (unpaired) electrons. The van der Waals surface area contributed by atoms with Gasteiger partial charge in [-0.3, -0.25) is 9.98 Å². The summed E-state index contributed by atoms with van der Waals surface area (Å²) in [5.41, 5.74) is 3.67. The molecule has 2 aromatic rings. The lowest BCUT2D eigenvalue weighted by Crippen LogP contribution is -2.26. The molecule has 0 fully saturated rings. The molecule has 138 valence electrons. The normalized spacial score (nSPS) is 16.9. The molecule has 0 aliphatic carbocycles. The van der Waals surface area contributed by atoms with E-state index in [4.69, 9.17) is 11.6 Å². The van der Waals surface area contributed by atoms with E-state index in [0.717, 1.165) is 15.5 Å². The van der Waals surface area contributed by atoms with E-state index >= 15 is 0 Å². The Morgan fingerprint density at radius 3 is 2.73 bits per heavy atom. The molecule has 1 aliphatic heterocycles. The molecule has 1 unspecified atom stereocenters. The van der Waals surface area contributed by atoms with Gasteiger partial charge < -0.3 is 5.32 Å². The number of thioether (sulfide) groups is 2. The van der Waals surface area contributed by atoms with Crippen molar-refractivity contribution in [3.05, 3.63) is 53.1 Å². The molecule has 0 bridgehead atoms. The first-order valence-electron chi connectivity index (χ1n) is 7.53. The molecule has 0 saturated carbocycles. The lowest BCUT2D eigenvalue weighted by molar-refractivity contribution is 0.483. The third kappa shape index (κ3) is 5.08. The highest BCUT2D eigenvalue weighted by Gasteiger charge is 2.22. The second-order valence-electron chi connectivity index (χ2n) is 5.49. The van der Waals surface area contributed by atoms with E-state index in [-0.39, 0.29) is 10.4 Å². The summed E-state index contributed by atoms with van der Waals surface area (Å²) < 4.78 is 32.6. The maximum absolute atomic E-state index is 11.6. The predicted octanol–water partition coefficient (Wildman–Crippen LogP) is 4.03.